The summed E-state index contributed by atoms with van der Waals surface area (Å²) in [5.74, 6) is 2.28. The molecule has 0 aliphatic heterocycles. The van der Waals surface area contributed by atoms with E-state index in [-0.39, 0.29) is 28.8 Å². The number of nitrogens with one attached hydrogen (secondary N) is 1. The molecule has 2 fully saturated rings. The Labute approximate surface area is 222 Å². The zero-order chi connectivity index (χ0) is 26.5. The van der Waals surface area contributed by atoms with Gasteiger partial charge < -0.3 is 10.1 Å². The lowest BCUT2D eigenvalue weighted by Gasteiger charge is -2.57. The number of carbonyl (C=O) groups excluding carboxylic acids is 2. The summed E-state index contributed by atoms with van der Waals surface area (Å²) in [7, 11) is 0. The van der Waals surface area contributed by atoms with Gasteiger partial charge in [0.2, 0.25) is 5.91 Å². The van der Waals surface area contributed by atoms with Crippen LogP contribution in [-0.4, -0.2) is 34.7 Å². The normalized spacial score (nSPS) is 34.8. The molecule has 1 aromatic heterocycles. The lowest BCUT2D eigenvalue weighted by atomic mass is 9.47. The van der Waals surface area contributed by atoms with Crippen molar-refractivity contribution >= 4 is 11.9 Å². The van der Waals surface area contributed by atoms with Gasteiger partial charge in [0.1, 0.15) is 6.10 Å². The summed E-state index contributed by atoms with van der Waals surface area (Å²) in [4.78, 5) is 22.8. The lowest BCUT2D eigenvalue weighted by Crippen LogP contribution is -2.51. The monoisotopic (exact) mass is 507 g/mol. The van der Waals surface area contributed by atoms with E-state index in [1.807, 2.05) is 0 Å². The van der Waals surface area contributed by atoms with E-state index in [4.69, 9.17) is 14.9 Å². The van der Waals surface area contributed by atoms with Crippen molar-refractivity contribution in [3.05, 3.63) is 34.2 Å². The largest absolute Gasteiger partial charge is 0.462 e. The van der Waals surface area contributed by atoms with Gasteiger partial charge in [0.15, 0.2) is 0 Å². The Morgan fingerprint density at radius 2 is 1.86 bits per heavy atom. The molecule has 1 amide bonds. The number of nitrogens with zero attached hydrogens (tertiary/aromatic N) is 2. The minimum atomic E-state index is -0.155. The van der Waals surface area contributed by atoms with Gasteiger partial charge in [-0.25, -0.2) is 0 Å². The molecule has 6 heteroatoms. The smallest absolute Gasteiger partial charge is 0.302 e. The molecule has 5 rings (SSSR count). The molecule has 1 heterocycles. The molecule has 6 nitrogen and oxygen atoms in total. The fourth-order valence-electron chi connectivity index (χ4n) is 8.73. The van der Waals surface area contributed by atoms with Crippen LogP contribution in [0.5, 0.6) is 0 Å². The average molecular weight is 508 g/mol. The Hall–Kier alpha value is -2.24. The van der Waals surface area contributed by atoms with Crippen LogP contribution in [0.3, 0.4) is 0 Å². The number of fused-ring (bicyclic) bond motifs is 7. The minimum Gasteiger partial charge on any atom is -0.462 e. The maximum absolute atomic E-state index is 11.6. The molecule has 4 aliphatic rings. The van der Waals surface area contributed by atoms with Crippen LogP contribution in [0.1, 0.15) is 102 Å². The molecule has 1 N–H and O–H groups in total. The highest BCUT2D eigenvalue weighted by Gasteiger charge is 2.58. The standard InChI is InChI=1S/C31H45N3O3/c1-18(17-32-20(3)35)7-10-27-19(2)29-28(34-33-27)16-26-24-9-8-22-15-23(37-21(4)36)11-13-30(22,5)25(24)12-14-31(26,29)6/h8,18,23-26H,7,9-17H2,1-6H3,(H,32,35)/t18-,23+,24+,25+,26+,30+,31+/m1/s1. The molecule has 0 unspecified atom stereocenters. The average Bonchev–Trinajstić information content (AvgIpc) is 3.15. The Kier molecular flexibility index (Phi) is 6.99. The van der Waals surface area contributed by atoms with Crippen LogP contribution in [-0.2, 0) is 32.6 Å². The van der Waals surface area contributed by atoms with Crippen molar-refractivity contribution in [3.8, 4) is 0 Å². The van der Waals surface area contributed by atoms with Crippen LogP contribution in [0.25, 0.3) is 0 Å². The highest BCUT2D eigenvalue weighted by Crippen LogP contribution is 2.64. The Morgan fingerprint density at radius 1 is 1.11 bits per heavy atom. The number of allylic oxidation sites excluding steroid dienone is 1. The van der Waals surface area contributed by atoms with Crippen molar-refractivity contribution in [2.24, 2.45) is 29.1 Å². The van der Waals surface area contributed by atoms with Crippen LogP contribution in [0.2, 0.25) is 0 Å². The van der Waals surface area contributed by atoms with Crippen LogP contribution >= 0.6 is 0 Å². The van der Waals surface area contributed by atoms with E-state index in [1.54, 1.807) is 6.92 Å². The van der Waals surface area contributed by atoms with Crippen molar-refractivity contribution in [2.75, 3.05) is 6.54 Å². The predicted molar refractivity (Wildman–Crippen MR) is 144 cm³/mol. The molecule has 37 heavy (non-hydrogen) atoms. The van der Waals surface area contributed by atoms with E-state index in [1.165, 1.54) is 42.2 Å². The molecule has 202 valence electrons. The van der Waals surface area contributed by atoms with Gasteiger partial charge in [-0.2, -0.15) is 10.2 Å². The van der Waals surface area contributed by atoms with Crippen LogP contribution in [0.15, 0.2) is 11.6 Å². The Morgan fingerprint density at radius 3 is 2.59 bits per heavy atom. The topological polar surface area (TPSA) is 81.2 Å². The molecule has 0 radical (unpaired) electrons. The minimum absolute atomic E-state index is 0.0332. The number of rotatable bonds is 6. The van der Waals surface area contributed by atoms with Gasteiger partial charge in [-0.3, -0.25) is 9.59 Å². The van der Waals surface area contributed by atoms with Crippen LogP contribution in [0.4, 0.5) is 0 Å². The number of hydrogen-bond acceptors (Lipinski definition) is 5. The molecule has 1 aromatic rings. The van der Waals surface area contributed by atoms with E-state index < -0.39 is 0 Å². The maximum Gasteiger partial charge on any atom is 0.302 e. The van der Waals surface area contributed by atoms with Gasteiger partial charge in [0.25, 0.3) is 0 Å². The number of amides is 1. The zero-order valence-electron chi connectivity index (χ0n) is 23.7. The van der Waals surface area contributed by atoms with E-state index >= 15 is 0 Å². The number of ether oxygens (including phenoxy) is 1. The summed E-state index contributed by atoms with van der Waals surface area (Å²) >= 11 is 0. The Bertz CT molecular complexity index is 1110. The van der Waals surface area contributed by atoms with E-state index in [0.717, 1.165) is 50.6 Å². The van der Waals surface area contributed by atoms with Gasteiger partial charge in [0, 0.05) is 26.8 Å². The number of esters is 1. The van der Waals surface area contributed by atoms with Crippen LogP contribution < -0.4 is 5.32 Å². The first-order chi connectivity index (χ1) is 17.5. The molecule has 2 saturated carbocycles. The number of carbonyl (C=O) groups is 2. The van der Waals surface area contributed by atoms with Gasteiger partial charge in [-0.1, -0.05) is 32.4 Å². The van der Waals surface area contributed by atoms with Crippen molar-refractivity contribution in [3.63, 3.8) is 0 Å². The third kappa shape index (κ3) is 4.63. The number of aromatic nitrogens is 2. The van der Waals surface area contributed by atoms with Crippen molar-refractivity contribution in [1.82, 2.24) is 15.5 Å². The summed E-state index contributed by atoms with van der Waals surface area (Å²) in [6.45, 7) is 13.3. The molecule has 0 spiro atoms. The summed E-state index contributed by atoms with van der Waals surface area (Å²) in [5.41, 5.74) is 7.17. The van der Waals surface area contributed by atoms with Crippen molar-refractivity contribution < 1.29 is 14.3 Å². The van der Waals surface area contributed by atoms with Gasteiger partial charge in [-0.05, 0) is 104 Å². The first-order valence-electron chi connectivity index (χ1n) is 14.5. The molecule has 7 atom stereocenters. The van der Waals surface area contributed by atoms with Gasteiger partial charge in [-0.15, -0.1) is 0 Å². The number of hydrogen-bond donors (Lipinski definition) is 1. The fourth-order valence-corrected chi connectivity index (χ4v) is 8.73. The molecular weight excluding hydrogens is 462 g/mol. The zero-order valence-corrected chi connectivity index (χ0v) is 23.7. The van der Waals surface area contributed by atoms with Gasteiger partial charge in [0.05, 0.1) is 11.4 Å². The highest BCUT2D eigenvalue weighted by molar-refractivity contribution is 5.72. The summed E-state index contributed by atoms with van der Waals surface area (Å²) in [5, 5.41) is 12.5. The first-order valence-corrected chi connectivity index (χ1v) is 14.5. The fraction of sp³-hybridized carbons (Fsp3) is 0.742. The summed E-state index contributed by atoms with van der Waals surface area (Å²) in [6, 6.07) is 0. The van der Waals surface area contributed by atoms with Crippen molar-refractivity contribution in [2.45, 2.75) is 111 Å². The molecule has 0 bridgehead atoms. The quantitative estimate of drug-likeness (QED) is 0.412. The van der Waals surface area contributed by atoms with Crippen LogP contribution in [0, 0.1) is 36.0 Å². The van der Waals surface area contributed by atoms with E-state index in [0.29, 0.717) is 30.2 Å². The lowest BCUT2D eigenvalue weighted by molar-refractivity contribution is -0.148. The third-order valence-corrected chi connectivity index (χ3v) is 10.7. The second kappa shape index (κ2) is 9.81. The summed E-state index contributed by atoms with van der Waals surface area (Å²) in [6.07, 6.45) is 12.2. The summed E-state index contributed by atoms with van der Waals surface area (Å²) < 4.78 is 5.62. The Balaban J connectivity index is 1.35. The third-order valence-electron chi connectivity index (χ3n) is 10.7. The van der Waals surface area contributed by atoms with E-state index in [2.05, 4.69) is 39.1 Å². The maximum atomic E-state index is 11.6. The molecule has 0 saturated heterocycles. The van der Waals surface area contributed by atoms with Crippen molar-refractivity contribution in [1.29, 1.82) is 0 Å². The first kappa shape index (κ1) is 26.4. The highest BCUT2D eigenvalue weighted by atomic mass is 16.5. The molecule has 0 aromatic carbocycles. The second-order valence-electron chi connectivity index (χ2n) is 13.1. The van der Waals surface area contributed by atoms with E-state index in [9.17, 15) is 9.59 Å². The second-order valence-corrected chi connectivity index (χ2v) is 13.1. The molecule has 4 aliphatic carbocycles. The number of aryl methyl sites for hydroxylation is 1. The van der Waals surface area contributed by atoms with Gasteiger partial charge >= 0.3 is 5.97 Å². The SMILES string of the molecule is CC(=O)NC[C@H](C)CCc1nnc2c(c1C)[C@@]1(C)CC[C@H]3[C@H](CC=C4C[C@@H](OC(C)=O)CC[C@@]43C)[C@@H]1C2. The predicted octanol–water partition coefficient (Wildman–Crippen LogP) is 5.40. The molecular formula is C31H45N3O3.